The monoisotopic (exact) mass is 231 g/mol. The van der Waals surface area contributed by atoms with E-state index in [9.17, 15) is 0 Å². The van der Waals surface area contributed by atoms with E-state index >= 15 is 0 Å². The molecular weight excluding hydrogens is 206 g/mol. The van der Waals surface area contributed by atoms with E-state index in [1.54, 1.807) is 12.4 Å². The fourth-order valence-corrected chi connectivity index (χ4v) is 0.961. The van der Waals surface area contributed by atoms with Crippen LogP contribution in [0.25, 0.3) is 0 Å². The van der Waals surface area contributed by atoms with Crippen molar-refractivity contribution in [3.8, 4) is 0 Å². The predicted octanol–water partition coefficient (Wildman–Crippen LogP) is 5.05. The maximum Gasteiger partial charge on any atom is 0.0270 e. The average molecular weight is 231 g/mol. The van der Waals surface area contributed by atoms with Gasteiger partial charge in [0.2, 0.25) is 0 Å². The van der Waals surface area contributed by atoms with Gasteiger partial charge in [-0.2, -0.15) is 0 Å². The van der Waals surface area contributed by atoms with Crippen LogP contribution >= 0.6 is 0 Å². The van der Waals surface area contributed by atoms with Crippen LogP contribution in [0.4, 0.5) is 0 Å². The molecule has 1 aromatic carbocycles. The van der Waals surface area contributed by atoms with Gasteiger partial charge in [-0.15, -0.1) is 0 Å². The Morgan fingerprint density at radius 3 is 1.35 bits per heavy atom. The summed E-state index contributed by atoms with van der Waals surface area (Å²) < 4.78 is 0. The van der Waals surface area contributed by atoms with Crippen molar-refractivity contribution in [1.29, 1.82) is 0 Å². The number of rotatable bonds is 0. The zero-order chi connectivity index (χ0) is 12.2. The molecule has 0 saturated carbocycles. The number of aryl methyl sites for hydroxylation is 2. The molecule has 17 heavy (non-hydrogen) atoms. The van der Waals surface area contributed by atoms with Gasteiger partial charge in [-0.05, 0) is 31.5 Å². The molecule has 1 heteroatoms. The SMILES string of the molecule is C.CC.Cc1ccccc1.Cc1ccncc1. The molecule has 1 aromatic heterocycles. The zero-order valence-electron chi connectivity index (χ0n) is 10.6. The zero-order valence-corrected chi connectivity index (χ0v) is 10.6. The molecule has 0 N–H and O–H groups in total. The fraction of sp³-hybridized carbons (Fsp3) is 0.312. The minimum atomic E-state index is 0. The first-order valence-electron chi connectivity index (χ1n) is 5.67. The standard InChI is InChI=1S/C7H8.C6H7N.C2H6.CH4/c1-7-5-3-2-4-6-7;1-6-2-4-7-5-3-6;1-2;/h2-6H,1H3;2-5H,1H3;1-2H3;1H4. The number of pyridine rings is 1. The van der Waals surface area contributed by atoms with Crippen molar-refractivity contribution < 1.29 is 0 Å². The smallest absolute Gasteiger partial charge is 0.0270 e. The molecule has 0 aliphatic carbocycles. The number of nitrogens with zero attached hydrogens (tertiary/aromatic N) is 1. The minimum absolute atomic E-state index is 0. The van der Waals surface area contributed by atoms with E-state index in [1.807, 2.05) is 51.1 Å². The Bertz CT molecular complexity index is 303. The van der Waals surface area contributed by atoms with Gasteiger partial charge in [0.25, 0.3) is 0 Å². The lowest BCUT2D eigenvalue weighted by Crippen LogP contribution is -1.68. The molecule has 0 bridgehead atoms. The summed E-state index contributed by atoms with van der Waals surface area (Å²) in [4.78, 5) is 3.85. The number of hydrogen-bond donors (Lipinski definition) is 0. The first kappa shape index (κ1) is 17.8. The summed E-state index contributed by atoms with van der Waals surface area (Å²) >= 11 is 0. The molecule has 0 saturated heterocycles. The number of aromatic nitrogens is 1. The summed E-state index contributed by atoms with van der Waals surface area (Å²) in [5.41, 5.74) is 2.58. The van der Waals surface area contributed by atoms with Crippen LogP contribution in [0.3, 0.4) is 0 Å². The third kappa shape index (κ3) is 10.6. The molecule has 2 rings (SSSR count). The molecule has 0 amide bonds. The van der Waals surface area contributed by atoms with Crippen LogP contribution in [0.1, 0.15) is 32.4 Å². The largest absolute Gasteiger partial charge is 0.265 e. The molecule has 0 aliphatic heterocycles. The second-order valence-electron chi connectivity index (χ2n) is 3.18. The first-order valence-corrected chi connectivity index (χ1v) is 5.67. The van der Waals surface area contributed by atoms with Crippen LogP contribution in [-0.4, -0.2) is 4.98 Å². The predicted molar refractivity (Wildman–Crippen MR) is 78.2 cm³/mol. The highest BCUT2D eigenvalue weighted by Gasteiger charge is 1.73. The molecule has 0 radical (unpaired) electrons. The van der Waals surface area contributed by atoms with Crippen molar-refractivity contribution in [3.05, 3.63) is 66.0 Å². The van der Waals surface area contributed by atoms with Gasteiger partial charge in [0.1, 0.15) is 0 Å². The second kappa shape index (κ2) is 12.4. The molecule has 94 valence electrons. The van der Waals surface area contributed by atoms with Gasteiger partial charge < -0.3 is 0 Å². The molecular formula is C16H25N. The van der Waals surface area contributed by atoms with Crippen LogP contribution < -0.4 is 0 Å². The lowest BCUT2D eigenvalue weighted by atomic mass is 10.2. The highest BCUT2D eigenvalue weighted by atomic mass is 14.6. The van der Waals surface area contributed by atoms with Crippen LogP contribution in [0.5, 0.6) is 0 Å². The fourth-order valence-electron chi connectivity index (χ4n) is 0.961. The Balaban J connectivity index is 0. The van der Waals surface area contributed by atoms with Gasteiger partial charge in [0.15, 0.2) is 0 Å². The third-order valence-corrected chi connectivity index (χ3v) is 1.79. The number of hydrogen-bond acceptors (Lipinski definition) is 1. The van der Waals surface area contributed by atoms with Crippen molar-refractivity contribution in [2.45, 2.75) is 35.1 Å². The molecule has 1 nitrogen and oxygen atoms in total. The molecule has 0 spiro atoms. The van der Waals surface area contributed by atoms with Crippen molar-refractivity contribution in [2.24, 2.45) is 0 Å². The van der Waals surface area contributed by atoms with E-state index in [1.165, 1.54) is 11.1 Å². The Morgan fingerprint density at radius 2 is 1.12 bits per heavy atom. The molecule has 0 atom stereocenters. The lowest BCUT2D eigenvalue weighted by molar-refractivity contribution is 1.29. The van der Waals surface area contributed by atoms with Gasteiger partial charge in [-0.25, -0.2) is 0 Å². The van der Waals surface area contributed by atoms with Crippen molar-refractivity contribution >= 4 is 0 Å². The van der Waals surface area contributed by atoms with Gasteiger partial charge in [-0.1, -0.05) is 57.2 Å². The normalized spacial score (nSPS) is 7.53. The lowest BCUT2D eigenvalue weighted by Gasteiger charge is -1.82. The summed E-state index contributed by atoms with van der Waals surface area (Å²) in [6.45, 7) is 8.13. The van der Waals surface area contributed by atoms with E-state index in [-0.39, 0.29) is 7.43 Å². The third-order valence-electron chi connectivity index (χ3n) is 1.79. The summed E-state index contributed by atoms with van der Waals surface area (Å²) in [5.74, 6) is 0. The minimum Gasteiger partial charge on any atom is -0.265 e. The van der Waals surface area contributed by atoms with Crippen molar-refractivity contribution in [3.63, 3.8) is 0 Å². The molecule has 1 heterocycles. The highest BCUT2D eigenvalue weighted by Crippen LogP contribution is 1.92. The quantitative estimate of drug-likeness (QED) is 0.618. The maximum absolute atomic E-state index is 3.85. The topological polar surface area (TPSA) is 12.9 Å². The molecule has 0 aliphatic rings. The second-order valence-corrected chi connectivity index (χ2v) is 3.18. The Kier molecular flexibility index (Phi) is 13.0. The van der Waals surface area contributed by atoms with Gasteiger partial charge in [0.05, 0.1) is 0 Å². The van der Waals surface area contributed by atoms with E-state index < -0.39 is 0 Å². The Morgan fingerprint density at radius 1 is 0.706 bits per heavy atom. The molecule has 0 fully saturated rings. The van der Waals surface area contributed by atoms with Crippen LogP contribution in [0, 0.1) is 13.8 Å². The summed E-state index contributed by atoms with van der Waals surface area (Å²) in [5, 5.41) is 0. The van der Waals surface area contributed by atoms with E-state index in [0.29, 0.717) is 0 Å². The highest BCUT2D eigenvalue weighted by molar-refractivity contribution is 5.11. The van der Waals surface area contributed by atoms with E-state index in [4.69, 9.17) is 0 Å². The van der Waals surface area contributed by atoms with Gasteiger partial charge in [-0.3, -0.25) is 4.98 Å². The van der Waals surface area contributed by atoms with Crippen molar-refractivity contribution in [1.82, 2.24) is 4.98 Å². The van der Waals surface area contributed by atoms with E-state index in [2.05, 4.69) is 24.0 Å². The summed E-state index contributed by atoms with van der Waals surface area (Å²) in [6.07, 6.45) is 3.57. The van der Waals surface area contributed by atoms with Gasteiger partial charge >= 0.3 is 0 Å². The van der Waals surface area contributed by atoms with Crippen LogP contribution in [-0.2, 0) is 0 Å². The summed E-state index contributed by atoms with van der Waals surface area (Å²) in [6, 6.07) is 14.2. The van der Waals surface area contributed by atoms with Crippen LogP contribution in [0.15, 0.2) is 54.9 Å². The van der Waals surface area contributed by atoms with Gasteiger partial charge in [0, 0.05) is 12.4 Å². The number of benzene rings is 1. The van der Waals surface area contributed by atoms with Crippen molar-refractivity contribution in [2.75, 3.05) is 0 Å². The maximum atomic E-state index is 3.85. The van der Waals surface area contributed by atoms with E-state index in [0.717, 1.165) is 0 Å². The summed E-state index contributed by atoms with van der Waals surface area (Å²) in [7, 11) is 0. The average Bonchev–Trinajstić information content (AvgIpc) is 2.34. The Hall–Kier alpha value is -1.63. The molecule has 2 aromatic rings. The first-order chi connectivity index (χ1) is 7.79. The Labute approximate surface area is 107 Å². The molecule has 0 unspecified atom stereocenters. The van der Waals surface area contributed by atoms with Crippen LogP contribution in [0.2, 0.25) is 0 Å².